The molecule has 0 radical (unpaired) electrons. The van der Waals surface area contributed by atoms with Crippen molar-refractivity contribution in [3.63, 3.8) is 0 Å². The van der Waals surface area contributed by atoms with E-state index in [1.54, 1.807) is 0 Å². The Morgan fingerprint density at radius 2 is 1.67 bits per heavy atom. The number of nitrogens with two attached hydrogens (primary N) is 1. The van der Waals surface area contributed by atoms with Crippen molar-refractivity contribution < 1.29 is 0 Å². The summed E-state index contributed by atoms with van der Waals surface area (Å²) in [6, 6.07) is 14.7. The van der Waals surface area contributed by atoms with E-state index in [0.717, 1.165) is 17.0 Å². The van der Waals surface area contributed by atoms with E-state index in [0.29, 0.717) is 6.54 Å². The molecule has 0 fully saturated rings. The second-order valence-electron chi connectivity index (χ2n) is 4.46. The minimum absolute atomic E-state index is 0.473. The minimum atomic E-state index is 0.473. The lowest BCUT2D eigenvalue weighted by atomic mass is 10.0. The van der Waals surface area contributed by atoms with Gasteiger partial charge in [-0.3, -0.25) is 0 Å². The quantitative estimate of drug-likeness (QED) is 0.864. The van der Waals surface area contributed by atoms with Gasteiger partial charge in [0, 0.05) is 11.6 Å². The lowest BCUT2D eigenvalue weighted by molar-refractivity contribution is 0.922. The molecule has 18 heavy (non-hydrogen) atoms. The zero-order valence-electron chi connectivity index (χ0n) is 10.6. The molecular weight excluding hydrogens is 242 g/mol. The molecule has 2 N–H and O–H groups in total. The zero-order valence-corrected chi connectivity index (χ0v) is 11.4. The third kappa shape index (κ3) is 2.92. The summed E-state index contributed by atoms with van der Waals surface area (Å²) in [7, 11) is 0. The Bertz CT molecular complexity index is 517. The molecule has 2 aromatic carbocycles. The van der Waals surface area contributed by atoms with E-state index in [9.17, 15) is 0 Å². The molecule has 2 rings (SSSR count). The monoisotopic (exact) mass is 259 g/mol. The highest BCUT2D eigenvalue weighted by Gasteiger charge is 2.03. The fourth-order valence-electron chi connectivity index (χ4n) is 2.06. The summed E-state index contributed by atoms with van der Waals surface area (Å²) >= 11 is 6.07. The zero-order chi connectivity index (χ0) is 13.0. The Hall–Kier alpha value is -1.31. The summed E-state index contributed by atoms with van der Waals surface area (Å²) in [5.74, 6) is 0. The van der Waals surface area contributed by atoms with E-state index in [-0.39, 0.29) is 0 Å². The lowest BCUT2D eigenvalue weighted by Crippen LogP contribution is -1.97. The fraction of sp³-hybridized carbons (Fsp3) is 0.250. The van der Waals surface area contributed by atoms with Crippen molar-refractivity contribution >= 4 is 11.6 Å². The predicted molar refractivity (Wildman–Crippen MR) is 78.8 cm³/mol. The molecule has 0 saturated heterocycles. The van der Waals surface area contributed by atoms with Crippen molar-refractivity contribution in [2.24, 2.45) is 5.73 Å². The minimum Gasteiger partial charge on any atom is -0.326 e. The van der Waals surface area contributed by atoms with Crippen LogP contribution < -0.4 is 5.73 Å². The summed E-state index contributed by atoms with van der Waals surface area (Å²) in [5, 5.41) is 0.740. The first kappa shape index (κ1) is 13.1. The van der Waals surface area contributed by atoms with Crippen molar-refractivity contribution in [3.8, 4) is 11.1 Å². The Kier molecular flexibility index (Phi) is 4.40. The van der Waals surface area contributed by atoms with Crippen LogP contribution in [0.2, 0.25) is 5.02 Å². The molecule has 1 nitrogen and oxygen atoms in total. The highest BCUT2D eigenvalue weighted by Crippen LogP contribution is 2.25. The molecule has 0 aliphatic heterocycles. The maximum atomic E-state index is 6.07. The van der Waals surface area contributed by atoms with Gasteiger partial charge in [0.1, 0.15) is 0 Å². The first-order valence-corrected chi connectivity index (χ1v) is 6.70. The van der Waals surface area contributed by atoms with Gasteiger partial charge in [-0.05, 0) is 40.8 Å². The summed E-state index contributed by atoms with van der Waals surface area (Å²) in [5.41, 5.74) is 10.4. The van der Waals surface area contributed by atoms with Crippen LogP contribution in [-0.4, -0.2) is 0 Å². The average Bonchev–Trinajstić information content (AvgIpc) is 2.41. The highest BCUT2D eigenvalue weighted by molar-refractivity contribution is 6.31. The van der Waals surface area contributed by atoms with Crippen molar-refractivity contribution in [2.75, 3.05) is 0 Å². The van der Waals surface area contributed by atoms with Gasteiger partial charge in [0.25, 0.3) is 0 Å². The molecule has 0 spiro atoms. The number of hydrogen-bond acceptors (Lipinski definition) is 1. The Balaban J connectivity index is 2.30. The standard InChI is InChI=1S/C16H18ClN/c1-2-3-12-4-6-13(7-5-12)14-8-9-16(17)15(10-14)11-18/h4-10H,2-3,11,18H2,1H3. The molecule has 0 aromatic heterocycles. The molecule has 0 aliphatic carbocycles. The molecule has 2 heteroatoms. The van der Waals surface area contributed by atoms with E-state index in [1.807, 2.05) is 12.1 Å². The van der Waals surface area contributed by atoms with Crippen LogP contribution in [0.15, 0.2) is 42.5 Å². The number of benzene rings is 2. The molecule has 0 amide bonds. The van der Waals surface area contributed by atoms with Gasteiger partial charge in [-0.2, -0.15) is 0 Å². The number of aryl methyl sites for hydroxylation is 1. The Morgan fingerprint density at radius 1 is 1.00 bits per heavy atom. The summed E-state index contributed by atoms with van der Waals surface area (Å²) in [6.45, 7) is 2.67. The van der Waals surface area contributed by atoms with Crippen LogP contribution in [0.5, 0.6) is 0 Å². The summed E-state index contributed by atoms with van der Waals surface area (Å²) in [6.07, 6.45) is 2.31. The lowest BCUT2D eigenvalue weighted by Gasteiger charge is -2.07. The van der Waals surface area contributed by atoms with Crippen molar-refractivity contribution in [2.45, 2.75) is 26.3 Å². The molecule has 0 atom stereocenters. The molecule has 0 bridgehead atoms. The van der Waals surface area contributed by atoms with Gasteiger partial charge >= 0.3 is 0 Å². The molecule has 0 heterocycles. The van der Waals surface area contributed by atoms with Gasteiger partial charge in [-0.25, -0.2) is 0 Å². The van der Waals surface area contributed by atoms with E-state index >= 15 is 0 Å². The van der Waals surface area contributed by atoms with Gasteiger partial charge in [-0.1, -0.05) is 55.3 Å². The van der Waals surface area contributed by atoms with E-state index < -0.39 is 0 Å². The Labute approximate surface area is 114 Å². The molecule has 2 aromatic rings. The van der Waals surface area contributed by atoms with Crippen LogP contribution in [0, 0.1) is 0 Å². The van der Waals surface area contributed by atoms with E-state index in [1.165, 1.54) is 23.1 Å². The second-order valence-corrected chi connectivity index (χ2v) is 4.86. The summed E-state index contributed by atoms with van der Waals surface area (Å²) in [4.78, 5) is 0. The van der Waals surface area contributed by atoms with Gasteiger partial charge in [0.2, 0.25) is 0 Å². The molecule has 0 saturated carbocycles. The fourth-order valence-corrected chi connectivity index (χ4v) is 2.26. The number of rotatable bonds is 4. The SMILES string of the molecule is CCCc1ccc(-c2ccc(Cl)c(CN)c2)cc1. The largest absolute Gasteiger partial charge is 0.326 e. The predicted octanol–water partition coefficient (Wildman–Crippen LogP) is 4.42. The van der Waals surface area contributed by atoms with Crippen LogP contribution in [-0.2, 0) is 13.0 Å². The van der Waals surface area contributed by atoms with E-state index in [4.69, 9.17) is 17.3 Å². The summed E-state index contributed by atoms with van der Waals surface area (Å²) < 4.78 is 0. The third-order valence-corrected chi connectivity index (χ3v) is 3.46. The van der Waals surface area contributed by atoms with Crippen molar-refractivity contribution in [3.05, 3.63) is 58.6 Å². The van der Waals surface area contributed by atoms with Crippen molar-refractivity contribution in [1.82, 2.24) is 0 Å². The number of hydrogen-bond donors (Lipinski definition) is 1. The topological polar surface area (TPSA) is 26.0 Å². The molecular formula is C16H18ClN. The average molecular weight is 260 g/mol. The van der Waals surface area contributed by atoms with Gasteiger partial charge in [-0.15, -0.1) is 0 Å². The van der Waals surface area contributed by atoms with Gasteiger partial charge in [0.05, 0.1) is 0 Å². The van der Waals surface area contributed by atoms with Crippen LogP contribution in [0.3, 0.4) is 0 Å². The third-order valence-electron chi connectivity index (χ3n) is 3.09. The van der Waals surface area contributed by atoms with Crippen LogP contribution in [0.25, 0.3) is 11.1 Å². The van der Waals surface area contributed by atoms with Crippen LogP contribution in [0.4, 0.5) is 0 Å². The smallest absolute Gasteiger partial charge is 0.0451 e. The second kappa shape index (κ2) is 6.03. The van der Waals surface area contributed by atoms with Crippen LogP contribution >= 0.6 is 11.6 Å². The first-order chi connectivity index (χ1) is 8.74. The molecule has 0 unspecified atom stereocenters. The van der Waals surface area contributed by atoms with Crippen molar-refractivity contribution in [1.29, 1.82) is 0 Å². The maximum absolute atomic E-state index is 6.07. The molecule has 94 valence electrons. The van der Waals surface area contributed by atoms with Gasteiger partial charge < -0.3 is 5.73 Å². The normalized spacial score (nSPS) is 10.6. The Morgan fingerprint density at radius 3 is 2.28 bits per heavy atom. The maximum Gasteiger partial charge on any atom is 0.0451 e. The first-order valence-electron chi connectivity index (χ1n) is 6.32. The van der Waals surface area contributed by atoms with Gasteiger partial charge in [0.15, 0.2) is 0 Å². The highest BCUT2D eigenvalue weighted by atomic mass is 35.5. The number of halogens is 1. The van der Waals surface area contributed by atoms with E-state index in [2.05, 4.69) is 37.3 Å². The molecule has 0 aliphatic rings. The van der Waals surface area contributed by atoms with Crippen LogP contribution in [0.1, 0.15) is 24.5 Å².